The average molecular weight is 477 g/mol. The molecule has 3 aromatic heterocycles. The molecule has 9 nitrogen and oxygen atoms in total. The predicted molar refractivity (Wildman–Crippen MR) is 132 cm³/mol. The number of anilines is 1. The van der Waals surface area contributed by atoms with Crippen LogP contribution in [0.4, 0.5) is 5.69 Å². The number of nitrogen functional groups attached to an aromatic ring is 1. The van der Waals surface area contributed by atoms with Crippen LogP contribution in [0.5, 0.6) is 0 Å². The Bertz CT molecular complexity index is 1450. The Morgan fingerprint density at radius 2 is 1.97 bits per heavy atom. The van der Waals surface area contributed by atoms with Crippen molar-refractivity contribution < 1.29 is 4.79 Å². The molecule has 5 rings (SSSR count). The Morgan fingerprint density at radius 3 is 2.73 bits per heavy atom. The fourth-order valence-corrected chi connectivity index (χ4v) is 4.99. The predicted octanol–water partition coefficient (Wildman–Crippen LogP) is 4.01. The topological polar surface area (TPSA) is 127 Å². The number of H-pyrrole nitrogens is 1. The monoisotopic (exact) mass is 476 g/mol. The number of hydrogen-bond donors (Lipinski definition) is 3. The quantitative estimate of drug-likeness (QED) is 0.250. The molecule has 0 aliphatic heterocycles. The molecule has 0 fully saturated rings. The van der Waals surface area contributed by atoms with E-state index in [1.807, 2.05) is 43.3 Å². The number of carbonyl (C=O) groups is 1. The van der Waals surface area contributed by atoms with Gasteiger partial charge in [0.2, 0.25) is 16.9 Å². The molecule has 0 spiro atoms. The molecular weight excluding hydrogens is 456 g/mol. The number of nitrogens with two attached hydrogens (primary N) is 1. The van der Waals surface area contributed by atoms with Crippen molar-refractivity contribution in [3.05, 3.63) is 59.8 Å². The number of aromatic nitrogens is 6. The van der Waals surface area contributed by atoms with Gasteiger partial charge in [-0.2, -0.15) is 5.10 Å². The summed E-state index contributed by atoms with van der Waals surface area (Å²) in [6.07, 6.45) is 0. The van der Waals surface area contributed by atoms with E-state index in [4.69, 9.17) is 10.8 Å². The molecule has 0 atom stereocenters. The third kappa shape index (κ3) is 4.45. The molecule has 1 amide bonds. The highest BCUT2D eigenvalue weighted by atomic mass is 32.2. The number of rotatable bonds is 6. The molecule has 5 aromatic rings. The number of hydrogen-bond acceptors (Lipinski definition) is 8. The van der Waals surface area contributed by atoms with Crippen molar-refractivity contribution in [3.8, 4) is 22.1 Å². The fraction of sp³-hybridized carbons (Fsp3) is 0.136. The molecule has 0 radical (unpaired) electrons. The molecule has 0 unspecified atom stereocenters. The Kier molecular flexibility index (Phi) is 5.56. The van der Waals surface area contributed by atoms with E-state index in [2.05, 4.69) is 44.8 Å². The molecule has 0 bridgehead atoms. The first-order valence-corrected chi connectivity index (χ1v) is 11.9. The van der Waals surface area contributed by atoms with Crippen LogP contribution in [0, 0.1) is 13.8 Å². The van der Waals surface area contributed by atoms with Crippen molar-refractivity contribution in [1.29, 1.82) is 0 Å². The van der Waals surface area contributed by atoms with Crippen LogP contribution in [-0.4, -0.2) is 41.7 Å². The highest BCUT2D eigenvalue weighted by Crippen LogP contribution is 2.31. The van der Waals surface area contributed by atoms with Crippen LogP contribution >= 0.6 is 23.1 Å². The molecular formula is C22H20N8OS2. The number of nitrogens with zero attached hydrogens (tertiary/aromatic N) is 5. The summed E-state index contributed by atoms with van der Waals surface area (Å²) in [6, 6.07) is 15.7. The zero-order valence-electron chi connectivity index (χ0n) is 17.9. The summed E-state index contributed by atoms with van der Waals surface area (Å²) in [4.78, 5) is 17.1. The highest BCUT2D eigenvalue weighted by Gasteiger charge is 2.16. The maximum atomic E-state index is 12.4. The van der Waals surface area contributed by atoms with E-state index in [1.54, 1.807) is 11.3 Å². The number of nitrogens with one attached hydrogen (secondary N) is 2. The number of carbonyl (C=O) groups excluding carboxylic acids is 1. The normalized spacial score (nSPS) is 11.2. The van der Waals surface area contributed by atoms with Crippen LogP contribution in [0.25, 0.3) is 32.3 Å². The Hall–Kier alpha value is -3.70. The van der Waals surface area contributed by atoms with Crippen LogP contribution in [0.15, 0.2) is 53.7 Å². The molecule has 33 heavy (non-hydrogen) atoms. The van der Waals surface area contributed by atoms with Gasteiger partial charge in [-0.15, -0.1) is 21.5 Å². The third-order valence-electron chi connectivity index (χ3n) is 4.89. The second kappa shape index (κ2) is 8.68. The first-order valence-electron chi connectivity index (χ1n) is 10.1. The van der Waals surface area contributed by atoms with Gasteiger partial charge in [-0.1, -0.05) is 17.8 Å². The summed E-state index contributed by atoms with van der Waals surface area (Å²) in [5, 5.41) is 19.4. The van der Waals surface area contributed by atoms with E-state index in [0.29, 0.717) is 22.4 Å². The molecule has 11 heteroatoms. The summed E-state index contributed by atoms with van der Waals surface area (Å²) in [6.45, 7) is 3.96. The lowest BCUT2D eigenvalue weighted by Crippen LogP contribution is -2.16. The molecule has 166 valence electrons. The van der Waals surface area contributed by atoms with Crippen LogP contribution in [0.1, 0.15) is 11.3 Å². The van der Waals surface area contributed by atoms with Crippen LogP contribution in [0.2, 0.25) is 0 Å². The van der Waals surface area contributed by atoms with Crippen molar-refractivity contribution in [2.45, 2.75) is 19.0 Å². The number of fused-ring (bicyclic) bond motifs is 1. The summed E-state index contributed by atoms with van der Waals surface area (Å²) in [7, 11) is 0. The minimum atomic E-state index is -0.164. The summed E-state index contributed by atoms with van der Waals surface area (Å²) in [5.41, 5.74) is 5.43. The Morgan fingerprint density at radius 1 is 1.15 bits per heavy atom. The number of aryl methyl sites for hydroxylation is 2. The van der Waals surface area contributed by atoms with Gasteiger partial charge in [0.15, 0.2) is 0 Å². The van der Waals surface area contributed by atoms with Crippen LogP contribution < -0.4 is 11.2 Å². The van der Waals surface area contributed by atoms with E-state index in [9.17, 15) is 4.79 Å². The van der Waals surface area contributed by atoms with Gasteiger partial charge >= 0.3 is 0 Å². The highest BCUT2D eigenvalue weighted by molar-refractivity contribution is 7.99. The third-order valence-corrected chi connectivity index (χ3v) is 6.90. The average Bonchev–Trinajstić information content (AvgIpc) is 3.51. The number of aromatic amines is 1. The first-order chi connectivity index (χ1) is 16.0. The van der Waals surface area contributed by atoms with Crippen molar-refractivity contribution >= 4 is 44.9 Å². The lowest BCUT2D eigenvalue weighted by atomic mass is 10.2. The second-order valence-electron chi connectivity index (χ2n) is 7.52. The van der Waals surface area contributed by atoms with Crippen molar-refractivity contribution in [1.82, 2.24) is 30.1 Å². The summed E-state index contributed by atoms with van der Waals surface area (Å²) >= 11 is 2.86. The Labute approximate surface area is 197 Å². The molecule has 0 saturated carbocycles. The van der Waals surface area contributed by atoms with Crippen LogP contribution in [-0.2, 0) is 4.79 Å². The maximum Gasteiger partial charge on any atom is 0.234 e. The van der Waals surface area contributed by atoms with E-state index < -0.39 is 0 Å². The number of amides is 1. The second-order valence-corrected chi connectivity index (χ2v) is 9.49. The van der Waals surface area contributed by atoms with Gasteiger partial charge in [0, 0.05) is 16.9 Å². The van der Waals surface area contributed by atoms with Gasteiger partial charge in [0.25, 0.3) is 0 Å². The summed E-state index contributed by atoms with van der Waals surface area (Å²) < 4.78 is 2.50. The number of benzene rings is 2. The van der Waals surface area contributed by atoms with Gasteiger partial charge in [-0.25, -0.2) is 9.66 Å². The minimum absolute atomic E-state index is 0.147. The molecule has 0 saturated heterocycles. The van der Waals surface area contributed by atoms with E-state index >= 15 is 0 Å². The van der Waals surface area contributed by atoms with Crippen LogP contribution in [0.3, 0.4) is 0 Å². The number of thioether (sulfide) groups is 1. The minimum Gasteiger partial charge on any atom is -0.335 e. The molecule has 0 aliphatic carbocycles. The van der Waals surface area contributed by atoms with Gasteiger partial charge in [-0.3, -0.25) is 9.89 Å². The van der Waals surface area contributed by atoms with E-state index in [0.717, 1.165) is 26.5 Å². The summed E-state index contributed by atoms with van der Waals surface area (Å²) in [5.74, 6) is 6.49. The lowest BCUT2D eigenvalue weighted by molar-refractivity contribution is -0.113. The first kappa shape index (κ1) is 21.2. The van der Waals surface area contributed by atoms with Crippen molar-refractivity contribution in [2.75, 3.05) is 16.9 Å². The SMILES string of the molecule is Cc1ccc2nc(-c3ccc(NC(=O)CSc4nnc(-c5cc(C)[nH]n5)n4N)cc3)sc2c1. The van der Waals surface area contributed by atoms with Gasteiger partial charge in [0.1, 0.15) is 10.7 Å². The smallest absolute Gasteiger partial charge is 0.234 e. The molecule has 0 aliphatic rings. The van der Waals surface area contributed by atoms with E-state index in [1.165, 1.54) is 22.0 Å². The van der Waals surface area contributed by atoms with Crippen molar-refractivity contribution in [2.24, 2.45) is 0 Å². The van der Waals surface area contributed by atoms with E-state index in [-0.39, 0.29) is 11.7 Å². The molecule has 3 heterocycles. The zero-order chi connectivity index (χ0) is 22.9. The Balaban J connectivity index is 1.21. The largest absolute Gasteiger partial charge is 0.335 e. The lowest BCUT2D eigenvalue weighted by Gasteiger charge is -2.06. The number of thiazole rings is 1. The molecule has 2 aromatic carbocycles. The van der Waals surface area contributed by atoms with Gasteiger partial charge in [0.05, 0.1) is 16.0 Å². The zero-order valence-corrected chi connectivity index (χ0v) is 19.5. The van der Waals surface area contributed by atoms with Gasteiger partial charge < -0.3 is 11.2 Å². The standard InChI is InChI=1S/C22H20N8OS2/c1-12-3-8-16-18(9-12)33-21(25-16)14-4-6-15(7-5-14)24-19(31)11-32-22-29-28-20(30(22)23)17-10-13(2)26-27-17/h3-10H,11,23H2,1-2H3,(H,24,31)(H,26,27). The van der Waals surface area contributed by atoms with Gasteiger partial charge in [-0.05, 0) is 61.9 Å². The van der Waals surface area contributed by atoms with Crippen molar-refractivity contribution in [3.63, 3.8) is 0 Å². The maximum absolute atomic E-state index is 12.4. The molecule has 4 N–H and O–H groups in total. The fourth-order valence-electron chi connectivity index (χ4n) is 3.26.